The molecule has 21 heavy (non-hydrogen) atoms. The molecule has 5 nitrogen and oxygen atoms in total. The Kier molecular flexibility index (Phi) is 3.41. The molecule has 0 aliphatic carbocycles. The molecule has 0 saturated heterocycles. The summed E-state index contributed by atoms with van der Waals surface area (Å²) in [6.45, 7) is 0. The number of hydrogen-bond acceptors (Lipinski definition) is 3. The van der Waals surface area contributed by atoms with E-state index in [9.17, 15) is 9.59 Å². The van der Waals surface area contributed by atoms with Crippen molar-refractivity contribution < 1.29 is 4.79 Å². The molecule has 2 N–H and O–H groups in total. The normalized spacial score (nSPS) is 10.5. The van der Waals surface area contributed by atoms with Crippen LogP contribution in [0.2, 0.25) is 5.02 Å². The Morgan fingerprint density at radius 2 is 1.81 bits per heavy atom. The van der Waals surface area contributed by atoms with Crippen LogP contribution in [0, 0.1) is 0 Å². The van der Waals surface area contributed by atoms with Gasteiger partial charge in [-0.2, -0.15) is 0 Å². The minimum Gasteiger partial charge on any atom is -0.317 e. The van der Waals surface area contributed by atoms with E-state index in [-0.39, 0.29) is 5.82 Å². The number of carbonyl (C=O) groups excluding carboxylic acids is 1. The summed E-state index contributed by atoms with van der Waals surface area (Å²) in [4.78, 5) is 30.8. The molecule has 2 aromatic carbocycles. The Morgan fingerprint density at radius 1 is 1.10 bits per heavy atom. The molecule has 0 bridgehead atoms. The quantitative estimate of drug-likeness (QED) is 0.764. The molecule has 3 rings (SSSR count). The van der Waals surface area contributed by atoms with Crippen molar-refractivity contribution in [1.82, 2.24) is 9.97 Å². The summed E-state index contributed by atoms with van der Waals surface area (Å²) in [6, 6.07) is 13.5. The highest BCUT2D eigenvalue weighted by Gasteiger charge is 2.10. The van der Waals surface area contributed by atoms with Gasteiger partial charge < -0.3 is 10.3 Å². The maximum absolute atomic E-state index is 12.1. The van der Waals surface area contributed by atoms with E-state index < -0.39 is 11.5 Å². The maximum atomic E-state index is 12.1. The van der Waals surface area contributed by atoms with Crippen molar-refractivity contribution in [2.45, 2.75) is 0 Å². The standard InChI is InChI=1S/C15H10ClN3O2/c16-10-7-5-9(6-8-10)14(20)19-13-15(21)18-12-4-2-1-3-11(12)17-13/h1-8H,(H,18,21)(H,17,19,20). The van der Waals surface area contributed by atoms with Crippen molar-refractivity contribution in [3.8, 4) is 0 Å². The number of amides is 1. The highest BCUT2D eigenvalue weighted by molar-refractivity contribution is 6.30. The molecule has 0 saturated carbocycles. The van der Waals surface area contributed by atoms with Crippen molar-refractivity contribution in [3.05, 3.63) is 69.5 Å². The highest BCUT2D eigenvalue weighted by Crippen LogP contribution is 2.12. The third-order valence-corrected chi connectivity index (χ3v) is 3.19. The second-order valence-electron chi connectivity index (χ2n) is 4.39. The first-order valence-corrected chi connectivity index (χ1v) is 6.57. The lowest BCUT2D eigenvalue weighted by Crippen LogP contribution is -2.21. The fraction of sp³-hybridized carbons (Fsp3) is 0. The fourth-order valence-electron chi connectivity index (χ4n) is 1.90. The number of nitrogens with zero attached hydrogens (tertiary/aromatic N) is 1. The molecule has 3 aromatic rings. The van der Waals surface area contributed by atoms with Crippen LogP contribution in [0.1, 0.15) is 10.4 Å². The molecule has 0 unspecified atom stereocenters. The summed E-state index contributed by atoms with van der Waals surface area (Å²) >= 11 is 5.77. The topological polar surface area (TPSA) is 74.8 Å². The second-order valence-corrected chi connectivity index (χ2v) is 4.83. The van der Waals surface area contributed by atoms with Gasteiger partial charge in [0.15, 0.2) is 5.82 Å². The number of aromatic nitrogens is 2. The summed E-state index contributed by atoms with van der Waals surface area (Å²) < 4.78 is 0. The summed E-state index contributed by atoms with van der Waals surface area (Å²) in [7, 11) is 0. The summed E-state index contributed by atoms with van der Waals surface area (Å²) in [5.74, 6) is -0.450. The van der Waals surface area contributed by atoms with Crippen LogP contribution in [0.4, 0.5) is 5.82 Å². The SMILES string of the molecule is O=C(Nc1nc2ccccc2[nH]c1=O)c1ccc(Cl)cc1. The zero-order chi connectivity index (χ0) is 14.8. The van der Waals surface area contributed by atoms with Crippen LogP contribution < -0.4 is 10.9 Å². The van der Waals surface area contributed by atoms with Gasteiger partial charge in [-0.15, -0.1) is 0 Å². The van der Waals surface area contributed by atoms with Crippen molar-refractivity contribution >= 4 is 34.4 Å². The largest absolute Gasteiger partial charge is 0.317 e. The lowest BCUT2D eigenvalue weighted by molar-refractivity contribution is 0.102. The first-order chi connectivity index (χ1) is 10.1. The molecule has 0 spiro atoms. The zero-order valence-corrected chi connectivity index (χ0v) is 11.5. The van der Waals surface area contributed by atoms with Crippen molar-refractivity contribution in [3.63, 3.8) is 0 Å². The van der Waals surface area contributed by atoms with Crippen LogP contribution in [0.5, 0.6) is 0 Å². The number of hydrogen-bond donors (Lipinski definition) is 2. The lowest BCUT2D eigenvalue weighted by Gasteiger charge is -2.05. The third kappa shape index (κ3) is 2.78. The van der Waals surface area contributed by atoms with E-state index in [0.717, 1.165) is 0 Å². The van der Waals surface area contributed by atoms with E-state index in [1.54, 1.807) is 48.5 Å². The molecule has 0 aliphatic rings. The van der Waals surface area contributed by atoms with E-state index in [0.29, 0.717) is 21.6 Å². The predicted molar refractivity (Wildman–Crippen MR) is 81.8 cm³/mol. The van der Waals surface area contributed by atoms with Crippen LogP contribution in [0.25, 0.3) is 11.0 Å². The molecular weight excluding hydrogens is 290 g/mol. The van der Waals surface area contributed by atoms with Gasteiger partial charge in [0.2, 0.25) is 0 Å². The van der Waals surface area contributed by atoms with Gasteiger partial charge in [-0.1, -0.05) is 23.7 Å². The number of aromatic amines is 1. The number of benzene rings is 2. The number of H-pyrrole nitrogens is 1. The Bertz CT molecular complexity index is 872. The minimum absolute atomic E-state index is 0.0337. The maximum Gasteiger partial charge on any atom is 0.291 e. The summed E-state index contributed by atoms with van der Waals surface area (Å²) in [5.41, 5.74) is 1.17. The molecule has 104 valence electrons. The molecule has 1 heterocycles. The fourth-order valence-corrected chi connectivity index (χ4v) is 2.02. The Hall–Kier alpha value is -2.66. The number of anilines is 1. The molecule has 1 aromatic heterocycles. The second kappa shape index (κ2) is 5.38. The van der Waals surface area contributed by atoms with E-state index >= 15 is 0 Å². The van der Waals surface area contributed by atoms with Gasteiger partial charge in [-0.05, 0) is 36.4 Å². The predicted octanol–water partition coefficient (Wildman–Crippen LogP) is 2.83. The Morgan fingerprint density at radius 3 is 2.57 bits per heavy atom. The molecule has 6 heteroatoms. The Labute approximate surface area is 124 Å². The van der Waals surface area contributed by atoms with Crippen molar-refractivity contribution in [2.24, 2.45) is 0 Å². The molecule has 1 amide bonds. The molecular formula is C15H10ClN3O2. The number of fused-ring (bicyclic) bond motifs is 1. The number of nitrogens with one attached hydrogen (secondary N) is 2. The van der Waals surface area contributed by atoms with Gasteiger partial charge >= 0.3 is 0 Å². The monoisotopic (exact) mass is 299 g/mol. The Balaban J connectivity index is 1.94. The van der Waals surface area contributed by atoms with Crippen LogP contribution in [0.15, 0.2) is 53.3 Å². The van der Waals surface area contributed by atoms with Crippen molar-refractivity contribution in [2.75, 3.05) is 5.32 Å². The number of rotatable bonds is 2. The molecule has 0 aliphatic heterocycles. The molecule has 0 radical (unpaired) electrons. The van der Waals surface area contributed by atoms with Gasteiger partial charge in [-0.3, -0.25) is 9.59 Å². The molecule has 0 atom stereocenters. The summed E-state index contributed by atoms with van der Waals surface area (Å²) in [5, 5.41) is 3.04. The minimum atomic E-state index is -0.448. The van der Waals surface area contributed by atoms with Gasteiger partial charge in [0.05, 0.1) is 11.0 Å². The van der Waals surface area contributed by atoms with Gasteiger partial charge in [0.25, 0.3) is 11.5 Å². The van der Waals surface area contributed by atoms with E-state index in [1.807, 2.05) is 0 Å². The molecule has 0 fully saturated rings. The average Bonchev–Trinajstić information content (AvgIpc) is 2.48. The van der Waals surface area contributed by atoms with Crippen molar-refractivity contribution in [1.29, 1.82) is 0 Å². The highest BCUT2D eigenvalue weighted by atomic mass is 35.5. The number of para-hydroxylation sites is 2. The van der Waals surface area contributed by atoms with Crippen LogP contribution in [-0.2, 0) is 0 Å². The van der Waals surface area contributed by atoms with E-state index in [1.165, 1.54) is 0 Å². The summed E-state index contributed by atoms with van der Waals surface area (Å²) in [6.07, 6.45) is 0. The first-order valence-electron chi connectivity index (χ1n) is 6.19. The first kappa shape index (κ1) is 13.3. The smallest absolute Gasteiger partial charge is 0.291 e. The number of carbonyl (C=O) groups is 1. The zero-order valence-electron chi connectivity index (χ0n) is 10.8. The van der Waals surface area contributed by atoms with Crippen LogP contribution in [0.3, 0.4) is 0 Å². The van der Waals surface area contributed by atoms with E-state index in [2.05, 4.69) is 15.3 Å². The van der Waals surface area contributed by atoms with Gasteiger partial charge in [0.1, 0.15) is 0 Å². The van der Waals surface area contributed by atoms with E-state index in [4.69, 9.17) is 11.6 Å². The third-order valence-electron chi connectivity index (χ3n) is 2.94. The lowest BCUT2D eigenvalue weighted by atomic mass is 10.2. The average molecular weight is 300 g/mol. The van der Waals surface area contributed by atoms with Crippen LogP contribution in [-0.4, -0.2) is 15.9 Å². The number of halogens is 1. The van der Waals surface area contributed by atoms with Crippen LogP contribution >= 0.6 is 11.6 Å². The van der Waals surface area contributed by atoms with Gasteiger partial charge in [-0.25, -0.2) is 4.98 Å². The van der Waals surface area contributed by atoms with Gasteiger partial charge in [0, 0.05) is 10.6 Å².